The highest BCUT2D eigenvalue weighted by Gasteiger charge is 2.41. The fourth-order valence-corrected chi connectivity index (χ4v) is 2.14. The molecule has 1 atom stereocenters. The second kappa shape index (κ2) is 8.65. The van der Waals surface area contributed by atoms with Crippen LogP contribution in [0.2, 0.25) is 0 Å². The van der Waals surface area contributed by atoms with Gasteiger partial charge in [-0.2, -0.15) is 8.78 Å². The lowest BCUT2D eigenvalue weighted by Crippen LogP contribution is -2.38. The van der Waals surface area contributed by atoms with Crippen LogP contribution in [0.25, 0.3) is 0 Å². The highest BCUT2D eigenvalue weighted by molar-refractivity contribution is 9.10. The minimum Gasteiger partial charge on any atom is -0.373 e. The maximum Gasteiger partial charge on any atom is 0.330 e. The van der Waals surface area contributed by atoms with Gasteiger partial charge in [-0.25, -0.2) is 8.78 Å². The number of nitrogens with one attached hydrogen (secondary N) is 1. The van der Waals surface area contributed by atoms with Crippen molar-refractivity contribution < 1.29 is 22.3 Å². The van der Waals surface area contributed by atoms with E-state index in [2.05, 4.69) is 26.2 Å². The van der Waals surface area contributed by atoms with Crippen molar-refractivity contribution in [2.75, 3.05) is 19.8 Å². The fraction of sp³-hybridized carbons (Fsp3) is 0.615. The Bertz CT molecular complexity index is 434. The van der Waals surface area contributed by atoms with E-state index in [4.69, 9.17) is 4.74 Å². The first kappa shape index (κ1) is 18.3. The van der Waals surface area contributed by atoms with Crippen molar-refractivity contribution in [1.82, 2.24) is 10.3 Å². The fourth-order valence-electron chi connectivity index (χ4n) is 1.73. The molecule has 21 heavy (non-hydrogen) atoms. The molecule has 0 spiro atoms. The molecule has 0 saturated heterocycles. The van der Waals surface area contributed by atoms with Gasteiger partial charge >= 0.3 is 12.3 Å². The average Bonchev–Trinajstić information content (AvgIpc) is 2.38. The van der Waals surface area contributed by atoms with Gasteiger partial charge in [-0.1, -0.05) is 6.92 Å². The van der Waals surface area contributed by atoms with E-state index in [9.17, 15) is 17.6 Å². The largest absolute Gasteiger partial charge is 0.373 e. The Balaban J connectivity index is 2.50. The van der Waals surface area contributed by atoms with E-state index < -0.39 is 19.0 Å². The van der Waals surface area contributed by atoms with Gasteiger partial charge in [0.15, 0.2) is 0 Å². The second-order valence-electron chi connectivity index (χ2n) is 4.55. The van der Waals surface area contributed by atoms with Crippen molar-refractivity contribution in [3.05, 3.63) is 28.5 Å². The Hall–Kier alpha value is -0.730. The predicted molar refractivity (Wildman–Crippen MR) is 74.9 cm³/mol. The third kappa shape index (κ3) is 6.71. The smallest absolute Gasteiger partial charge is 0.330 e. The Morgan fingerprint density at radius 3 is 2.67 bits per heavy atom. The molecule has 0 aliphatic rings. The zero-order valence-corrected chi connectivity index (χ0v) is 13.0. The first-order chi connectivity index (χ1) is 9.85. The number of nitrogens with zero attached hydrogens (tertiary/aromatic N) is 1. The molecule has 0 aromatic carbocycles. The summed E-state index contributed by atoms with van der Waals surface area (Å²) in [5.41, 5.74) is 0.888. The molecule has 1 rings (SSSR count). The van der Waals surface area contributed by atoms with Gasteiger partial charge in [0.1, 0.15) is 6.61 Å². The van der Waals surface area contributed by atoms with E-state index in [1.165, 1.54) is 0 Å². The molecule has 1 heterocycles. The van der Waals surface area contributed by atoms with Gasteiger partial charge in [0.2, 0.25) is 0 Å². The number of alkyl halides is 4. The van der Waals surface area contributed by atoms with Crippen molar-refractivity contribution in [1.29, 1.82) is 0 Å². The maximum atomic E-state index is 12.8. The molecule has 0 aliphatic heterocycles. The molecule has 0 bridgehead atoms. The second-order valence-corrected chi connectivity index (χ2v) is 5.46. The van der Waals surface area contributed by atoms with Gasteiger partial charge in [0, 0.05) is 22.9 Å². The van der Waals surface area contributed by atoms with Gasteiger partial charge in [0.25, 0.3) is 0 Å². The van der Waals surface area contributed by atoms with E-state index in [1.807, 2.05) is 13.0 Å². The molecule has 1 unspecified atom stereocenters. The standard InChI is InChI=1S/C13H17BrF4N2O/c1-2-20-11(4-9-3-10(14)6-19-5-9)7-21-8-13(17,18)12(15)16/h3,5-6,11-12,20H,2,4,7-8H2,1H3. The number of ether oxygens (including phenoxy) is 1. The lowest BCUT2D eigenvalue weighted by atomic mass is 10.1. The summed E-state index contributed by atoms with van der Waals surface area (Å²) in [5, 5.41) is 3.07. The van der Waals surface area contributed by atoms with E-state index in [-0.39, 0.29) is 12.6 Å². The Labute approximate surface area is 129 Å². The minimum absolute atomic E-state index is 0.0807. The lowest BCUT2D eigenvalue weighted by Gasteiger charge is -2.20. The summed E-state index contributed by atoms with van der Waals surface area (Å²) in [6, 6.07) is 1.60. The number of halogens is 5. The maximum absolute atomic E-state index is 12.8. The molecule has 1 aromatic heterocycles. The van der Waals surface area contributed by atoms with Crippen molar-refractivity contribution in [3.63, 3.8) is 0 Å². The number of pyridine rings is 1. The van der Waals surface area contributed by atoms with Crippen LogP contribution in [0.1, 0.15) is 12.5 Å². The first-order valence-corrected chi connectivity index (χ1v) is 7.21. The topological polar surface area (TPSA) is 34.1 Å². The Morgan fingerprint density at radius 2 is 2.10 bits per heavy atom. The van der Waals surface area contributed by atoms with Gasteiger partial charge in [-0.05, 0) is 40.5 Å². The Kier molecular flexibility index (Phi) is 7.55. The molecule has 0 amide bonds. The summed E-state index contributed by atoms with van der Waals surface area (Å²) in [6.45, 7) is 1.10. The van der Waals surface area contributed by atoms with Crippen LogP contribution >= 0.6 is 15.9 Å². The lowest BCUT2D eigenvalue weighted by molar-refractivity contribution is -0.167. The van der Waals surface area contributed by atoms with Crippen LogP contribution in [0.3, 0.4) is 0 Å². The molecule has 0 aliphatic carbocycles. The molecule has 0 saturated carbocycles. The van der Waals surface area contributed by atoms with Crippen LogP contribution in [0.15, 0.2) is 22.9 Å². The third-order valence-electron chi connectivity index (χ3n) is 2.67. The summed E-state index contributed by atoms with van der Waals surface area (Å²) in [7, 11) is 0. The zero-order valence-electron chi connectivity index (χ0n) is 11.5. The summed E-state index contributed by atoms with van der Waals surface area (Å²) in [6.07, 6.45) is 0.0684. The van der Waals surface area contributed by atoms with Crippen LogP contribution in [0, 0.1) is 0 Å². The van der Waals surface area contributed by atoms with E-state index >= 15 is 0 Å². The SMILES string of the molecule is CCNC(COCC(F)(F)C(F)F)Cc1cncc(Br)c1. The number of hydrogen-bond donors (Lipinski definition) is 1. The van der Waals surface area contributed by atoms with E-state index in [0.29, 0.717) is 13.0 Å². The molecule has 0 radical (unpaired) electrons. The van der Waals surface area contributed by atoms with Gasteiger partial charge in [-0.15, -0.1) is 0 Å². The third-order valence-corrected chi connectivity index (χ3v) is 3.10. The number of rotatable bonds is 9. The Morgan fingerprint density at radius 1 is 1.38 bits per heavy atom. The average molecular weight is 373 g/mol. The summed E-state index contributed by atoms with van der Waals surface area (Å²) in [5.74, 6) is -4.12. The predicted octanol–water partition coefficient (Wildman–Crippen LogP) is 3.28. The highest BCUT2D eigenvalue weighted by atomic mass is 79.9. The highest BCUT2D eigenvalue weighted by Crippen LogP contribution is 2.23. The quantitative estimate of drug-likeness (QED) is 0.675. The van der Waals surface area contributed by atoms with Crippen LogP contribution in [0.5, 0.6) is 0 Å². The summed E-state index contributed by atoms with van der Waals surface area (Å²) in [4.78, 5) is 4.01. The minimum atomic E-state index is -4.12. The van der Waals surface area contributed by atoms with Crippen LogP contribution < -0.4 is 5.32 Å². The van der Waals surface area contributed by atoms with Crippen molar-refractivity contribution >= 4 is 15.9 Å². The van der Waals surface area contributed by atoms with Crippen LogP contribution in [-0.4, -0.2) is 43.1 Å². The molecule has 3 nitrogen and oxygen atoms in total. The molecule has 1 aromatic rings. The van der Waals surface area contributed by atoms with E-state index in [0.717, 1.165) is 10.0 Å². The number of hydrogen-bond acceptors (Lipinski definition) is 3. The number of aromatic nitrogens is 1. The molecule has 120 valence electrons. The van der Waals surface area contributed by atoms with Crippen molar-refractivity contribution in [3.8, 4) is 0 Å². The zero-order chi connectivity index (χ0) is 15.9. The molecule has 8 heteroatoms. The monoisotopic (exact) mass is 372 g/mol. The van der Waals surface area contributed by atoms with Crippen molar-refractivity contribution in [2.24, 2.45) is 0 Å². The summed E-state index contributed by atoms with van der Waals surface area (Å²) < 4.78 is 55.1. The van der Waals surface area contributed by atoms with Crippen LogP contribution in [0.4, 0.5) is 17.6 Å². The van der Waals surface area contributed by atoms with Crippen LogP contribution in [-0.2, 0) is 11.2 Å². The van der Waals surface area contributed by atoms with E-state index in [1.54, 1.807) is 12.4 Å². The van der Waals surface area contributed by atoms with Gasteiger partial charge in [0.05, 0.1) is 6.61 Å². The molecule has 1 N–H and O–H groups in total. The number of likely N-dealkylation sites (N-methyl/N-ethyl adjacent to an activating group) is 1. The normalized spacial score (nSPS) is 13.7. The van der Waals surface area contributed by atoms with Crippen molar-refractivity contribution in [2.45, 2.75) is 31.7 Å². The van der Waals surface area contributed by atoms with Gasteiger partial charge in [-0.3, -0.25) is 4.98 Å². The molecular formula is C13H17BrF4N2O. The first-order valence-electron chi connectivity index (χ1n) is 6.41. The molecular weight excluding hydrogens is 356 g/mol. The summed E-state index contributed by atoms with van der Waals surface area (Å²) >= 11 is 3.29. The molecule has 0 fully saturated rings. The van der Waals surface area contributed by atoms with Gasteiger partial charge < -0.3 is 10.1 Å².